The van der Waals surface area contributed by atoms with E-state index in [-0.39, 0.29) is 5.97 Å². The summed E-state index contributed by atoms with van der Waals surface area (Å²) in [6, 6.07) is 21.6. The maximum Gasteiger partial charge on any atom is 0.306 e. The lowest BCUT2D eigenvalue weighted by molar-refractivity contribution is -0.155. The highest BCUT2D eigenvalue weighted by atomic mass is 16.6. The van der Waals surface area contributed by atoms with Crippen molar-refractivity contribution in [2.24, 2.45) is 5.92 Å². The number of carbonyl (C=O) groups excluding carboxylic acids is 1. The van der Waals surface area contributed by atoms with Gasteiger partial charge in [-0.15, -0.1) is 0 Å². The van der Waals surface area contributed by atoms with Crippen LogP contribution in [0.25, 0.3) is 0 Å². The second-order valence-electron chi connectivity index (χ2n) is 8.23. The van der Waals surface area contributed by atoms with Crippen LogP contribution in [0, 0.1) is 5.92 Å². The van der Waals surface area contributed by atoms with Gasteiger partial charge >= 0.3 is 5.97 Å². The Morgan fingerprint density at radius 2 is 1.46 bits per heavy atom. The summed E-state index contributed by atoms with van der Waals surface area (Å²) in [5.74, 6) is 0.321. The lowest BCUT2D eigenvalue weighted by Crippen LogP contribution is -2.28. The summed E-state index contributed by atoms with van der Waals surface area (Å²) in [6.45, 7) is 7.58. The van der Waals surface area contributed by atoms with Gasteiger partial charge in [-0.2, -0.15) is 0 Å². The second kappa shape index (κ2) is 8.05. The van der Waals surface area contributed by atoms with Gasteiger partial charge in [0.1, 0.15) is 5.60 Å². The van der Waals surface area contributed by atoms with Crippen molar-refractivity contribution in [3.63, 3.8) is 0 Å². The molecule has 2 atom stereocenters. The summed E-state index contributed by atoms with van der Waals surface area (Å²) < 4.78 is 5.50. The third kappa shape index (κ3) is 5.70. The minimum atomic E-state index is -0.408. The minimum absolute atomic E-state index is 0.0793. The summed E-state index contributed by atoms with van der Waals surface area (Å²) in [6.07, 6.45) is 1.58. The largest absolute Gasteiger partial charge is 0.460 e. The topological polar surface area (TPSA) is 29.5 Å². The molecule has 138 valence electrons. The van der Waals surface area contributed by atoms with Gasteiger partial charge in [-0.25, -0.2) is 0 Å². The quantitative estimate of drug-likeness (QED) is 0.671. The molecule has 2 aromatic carbocycles. The van der Waals surface area contributed by atoms with Crippen molar-refractivity contribution in [3.8, 4) is 0 Å². The SMILES string of the molecule is CC(C)(C)OC(=O)C[C@H]1C[C@@H]1N(Cc1ccccc1)Cc1ccccc1. The number of nitrogens with zero attached hydrogens (tertiary/aromatic N) is 1. The Kier molecular flexibility index (Phi) is 5.77. The number of carbonyl (C=O) groups is 1. The number of ether oxygens (including phenoxy) is 1. The van der Waals surface area contributed by atoms with E-state index in [0.29, 0.717) is 18.4 Å². The highest BCUT2D eigenvalue weighted by molar-refractivity contribution is 5.70. The number of hydrogen-bond acceptors (Lipinski definition) is 3. The van der Waals surface area contributed by atoms with Crippen LogP contribution in [0.5, 0.6) is 0 Å². The zero-order valence-electron chi connectivity index (χ0n) is 16.0. The van der Waals surface area contributed by atoms with Crippen LogP contribution in [0.2, 0.25) is 0 Å². The molecule has 0 aromatic heterocycles. The fraction of sp³-hybridized carbons (Fsp3) is 0.435. The summed E-state index contributed by atoms with van der Waals surface area (Å²) in [4.78, 5) is 14.7. The average molecular weight is 351 g/mol. The summed E-state index contributed by atoms with van der Waals surface area (Å²) in [7, 11) is 0. The van der Waals surface area contributed by atoms with E-state index in [0.717, 1.165) is 19.5 Å². The zero-order valence-corrected chi connectivity index (χ0v) is 16.0. The highest BCUT2D eigenvalue weighted by Crippen LogP contribution is 2.40. The van der Waals surface area contributed by atoms with E-state index >= 15 is 0 Å². The van der Waals surface area contributed by atoms with Gasteiger partial charge in [-0.1, -0.05) is 60.7 Å². The molecule has 0 N–H and O–H groups in total. The van der Waals surface area contributed by atoms with Crippen molar-refractivity contribution < 1.29 is 9.53 Å². The van der Waals surface area contributed by atoms with Crippen molar-refractivity contribution in [1.29, 1.82) is 0 Å². The first-order valence-corrected chi connectivity index (χ1v) is 9.44. The van der Waals surface area contributed by atoms with Crippen molar-refractivity contribution in [1.82, 2.24) is 4.90 Å². The van der Waals surface area contributed by atoms with Crippen molar-refractivity contribution in [2.45, 2.75) is 58.3 Å². The third-order valence-corrected chi connectivity index (χ3v) is 4.66. The number of hydrogen-bond donors (Lipinski definition) is 0. The van der Waals surface area contributed by atoms with E-state index in [9.17, 15) is 4.79 Å². The molecular formula is C23H29NO2. The van der Waals surface area contributed by atoms with Gasteiger partial charge < -0.3 is 4.74 Å². The predicted molar refractivity (Wildman–Crippen MR) is 104 cm³/mol. The van der Waals surface area contributed by atoms with Crippen molar-refractivity contribution in [3.05, 3.63) is 71.8 Å². The van der Waals surface area contributed by atoms with Crippen LogP contribution in [0.1, 0.15) is 44.7 Å². The molecule has 0 saturated heterocycles. The fourth-order valence-corrected chi connectivity index (χ4v) is 3.42. The molecular weight excluding hydrogens is 322 g/mol. The smallest absolute Gasteiger partial charge is 0.306 e. The molecule has 0 spiro atoms. The van der Waals surface area contributed by atoms with E-state index in [2.05, 4.69) is 53.4 Å². The van der Waals surface area contributed by atoms with Crippen molar-refractivity contribution in [2.75, 3.05) is 0 Å². The zero-order chi connectivity index (χ0) is 18.6. The Bertz CT molecular complexity index is 664. The van der Waals surface area contributed by atoms with E-state index in [1.807, 2.05) is 32.9 Å². The average Bonchev–Trinajstić information content (AvgIpc) is 3.33. The minimum Gasteiger partial charge on any atom is -0.460 e. The summed E-state index contributed by atoms with van der Waals surface area (Å²) >= 11 is 0. The molecule has 1 aliphatic rings. The molecule has 3 heteroatoms. The molecule has 1 fully saturated rings. The van der Waals surface area contributed by atoms with Crippen LogP contribution < -0.4 is 0 Å². The Morgan fingerprint density at radius 3 is 1.92 bits per heavy atom. The molecule has 26 heavy (non-hydrogen) atoms. The van der Waals surface area contributed by atoms with Crippen LogP contribution in [0.15, 0.2) is 60.7 Å². The number of esters is 1. The fourth-order valence-electron chi connectivity index (χ4n) is 3.42. The first-order valence-electron chi connectivity index (χ1n) is 9.44. The van der Waals surface area contributed by atoms with Crippen LogP contribution >= 0.6 is 0 Å². The Hall–Kier alpha value is -2.13. The predicted octanol–water partition coefficient (Wildman–Crippen LogP) is 4.81. The van der Waals surface area contributed by atoms with E-state index in [4.69, 9.17) is 4.74 Å². The molecule has 3 rings (SSSR count). The van der Waals surface area contributed by atoms with E-state index in [1.54, 1.807) is 0 Å². The highest BCUT2D eigenvalue weighted by Gasteiger charge is 2.43. The van der Waals surface area contributed by atoms with Crippen molar-refractivity contribution >= 4 is 5.97 Å². The number of rotatable bonds is 7. The lowest BCUT2D eigenvalue weighted by Gasteiger charge is -2.24. The molecule has 0 unspecified atom stereocenters. The van der Waals surface area contributed by atoms with Gasteiger partial charge in [0.2, 0.25) is 0 Å². The molecule has 3 nitrogen and oxygen atoms in total. The van der Waals surface area contributed by atoms with Gasteiger partial charge in [-0.05, 0) is 44.2 Å². The van der Waals surface area contributed by atoms with Gasteiger partial charge in [0.15, 0.2) is 0 Å². The molecule has 2 aromatic rings. The summed E-state index contributed by atoms with van der Waals surface area (Å²) in [5, 5.41) is 0. The standard InChI is InChI=1S/C23H29NO2/c1-23(2,3)26-22(25)15-20-14-21(20)24(16-18-10-6-4-7-11-18)17-19-12-8-5-9-13-19/h4-13,20-21H,14-17H2,1-3H3/t20-,21+/m1/s1. The second-order valence-corrected chi connectivity index (χ2v) is 8.23. The maximum atomic E-state index is 12.2. The first kappa shape index (κ1) is 18.7. The molecule has 0 heterocycles. The molecule has 0 aliphatic heterocycles. The molecule has 1 saturated carbocycles. The Balaban J connectivity index is 1.63. The summed E-state index contributed by atoms with van der Waals surface area (Å²) in [5.41, 5.74) is 2.22. The Labute approximate surface area is 157 Å². The van der Waals surface area contributed by atoms with Gasteiger partial charge in [0, 0.05) is 25.6 Å². The molecule has 0 radical (unpaired) electrons. The van der Waals surface area contributed by atoms with Crippen LogP contribution in [0.4, 0.5) is 0 Å². The normalized spacial score (nSPS) is 19.4. The van der Waals surface area contributed by atoms with E-state index in [1.165, 1.54) is 11.1 Å². The van der Waals surface area contributed by atoms with Gasteiger partial charge in [0.05, 0.1) is 0 Å². The molecule has 1 aliphatic carbocycles. The van der Waals surface area contributed by atoms with Gasteiger partial charge in [0.25, 0.3) is 0 Å². The Morgan fingerprint density at radius 1 is 0.962 bits per heavy atom. The van der Waals surface area contributed by atoms with Crippen LogP contribution in [0.3, 0.4) is 0 Å². The number of benzene rings is 2. The molecule has 0 bridgehead atoms. The maximum absolute atomic E-state index is 12.2. The van der Waals surface area contributed by atoms with E-state index < -0.39 is 5.60 Å². The molecule has 0 amide bonds. The first-order chi connectivity index (χ1) is 12.4. The van der Waals surface area contributed by atoms with Crippen LogP contribution in [-0.2, 0) is 22.6 Å². The third-order valence-electron chi connectivity index (χ3n) is 4.66. The lowest BCUT2D eigenvalue weighted by atomic mass is 10.1. The monoisotopic (exact) mass is 351 g/mol. The van der Waals surface area contributed by atoms with Crippen LogP contribution in [-0.4, -0.2) is 22.5 Å². The van der Waals surface area contributed by atoms with Gasteiger partial charge in [-0.3, -0.25) is 9.69 Å².